The number of allylic oxidation sites excluding steroid dienone is 1. The summed E-state index contributed by atoms with van der Waals surface area (Å²) in [5, 5.41) is -0.00444. The van der Waals surface area contributed by atoms with Crippen LogP contribution in [-0.2, 0) is 14.0 Å². The Kier molecular flexibility index (Phi) is 7.07. The minimum Gasteiger partial charge on any atom is -0.374 e. The van der Waals surface area contributed by atoms with E-state index in [0.717, 1.165) is 18.4 Å². The number of nitrogens with zero attached hydrogens (tertiary/aromatic N) is 1. The van der Waals surface area contributed by atoms with Crippen LogP contribution in [0.1, 0.15) is 51.7 Å². The van der Waals surface area contributed by atoms with Crippen LogP contribution in [-0.4, -0.2) is 31.6 Å². The molecule has 1 aliphatic heterocycles. The number of hydrogen-bond acceptors (Lipinski definition) is 3. The van der Waals surface area contributed by atoms with Crippen molar-refractivity contribution in [1.29, 1.82) is 0 Å². The first-order chi connectivity index (χ1) is 13.1. The third-order valence-electron chi connectivity index (χ3n) is 5.74. The van der Waals surface area contributed by atoms with Gasteiger partial charge in [-0.1, -0.05) is 63.3 Å². The van der Waals surface area contributed by atoms with E-state index in [-0.39, 0.29) is 10.9 Å². The second-order valence-corrected chi connectivity index (χ2v) is 13.6. The number of carbonyl (C=O) groups excluding carboxylic acids is 1. The Morgan fingerprint density at radius 3 is 2.39 bits per heavy atom. The third-order valence-corrected chi connectivity index (χ3v) is 10.2. The molecule has 1 aromatic rings. The summed E-state index contributed by atoms with van der Waals surface area (Å²) >= 11 is 0. The van der Waals surface area contributed by atoms with Gasteiger partial charge in [-0.3, -0.25) is 9.69 Å². The molecule has 0 N–H and O–H groups in total. The Morgan fingerprint density at radius 1 is 1.21 bits per heavy atom. The Balaban J connectivity index is 2.48. The van der Waals surface area contributed by atoms with Gasteiger partial charge in [0.05, 0.1) is 0 Å². The molecule has 0 aliphatic carbocycles. The number of rotatable bonds is 9. The standard InChI is InChI=1S/C23H35NO3Si/c1-8-10-14-17-23(27-28(6,7)22(3,4)5)24(18-9-2)21(25)20(26-23)19-15-12-11-13-16-19/h8-9,11-13,15-16,20H,1-2,10,14,17-18H2,3-7H3/t20-,23?/m0/s1. The number of ether oxygens (including phenoxy) is 1. The molecule has 0 bridgehead atoms. The molecule has 0 radical (unpaired) electrons. The molecule has 1 aromatic carbocycles. The third kappa shape index (κ3) is 4.65. The lowest BCUT2D eigenvalue weighted by atomic mass is 10.1. The summed E-state index contributed by atoms with van der Waals surface area (Å²) in [7, 11) is -2.21. The van der Waals surface area contributed by atoms with E-state index < -0.39 is 20.3 Å². The average Bonchev–Trinajstić information content (AvgIpc) is 2.88. The molecule has 5 heteroatoms. The highest BCUT2D eigenvalue weighted by Gasteiger charge is 2.56. The molecule has 1 heterocycles. The number of carbonyl (C=O) groups is 1. The minimum absolute atomic E-state index is 0.00444. The molecular formula is C23H35NO3Si. The molecule has 1 fully saturated rings. The fraction of sp³-hybridized carbons (Fsp3) is 0.522. The molecule has 28 heavy (non-hydrogen) atoms. The van der Waals surface area contributed by atoms with Crippen molar-refractivity contribution in [2.75, 3.05) is 6.54 Å². The second kappa shape index (κ2) is 8.76. The molecular weight excluding hydrogens is 366 g/mol. The van der Waals surface area contributed by atoms with E-state index in [2.05, 4.69) is 47.0 Å². The number of amides is 1. The highest BCUT2D eigenvalue weighted by atomic mass is 28.4. The molecule has 1 amide bonds. The molecule has 0 aromatic heterocycles. The van der Waals surface area contributed by atoms with E-state index in [1.54, 1.807) is 11.0 Å². The predicted molar refractivity (Wildman–Crippen MR) is 117 cm³/mol. The van der Waals surface area contributed by atoms with Crippen molar-refractivity contribution in [1.82, 2.24) is 4.90 Å². The summed E-state index contributed by atoms with van der Waals surface area (Å²) in [6, 6.07) is 9.65. The van der Waals surface area contributed by atoms with Crippen LogP contribution in [0.2, 0.25) is 18.1 Å². The van der Waals surface area contributed by atoms with E-state index in [9.17, 15) is 4.79 Å². The SMILES string of the molecule is C=CCCCC1(O[Si](C)(C)C(C)(C)C)O[C@@H](c2ccccc2)C(=O)N1CC=C. The average molecular weight is 402 g/mol. The van der Waals surface area contributed by atoms with Gasteiger partial charge in [0, 0.05) is 13.0 Å². The Labute approximate surface area is 171 Å². The van der Waals surface area contributed by atoms with E-state index in [4.69, 9.17) is 9.16 Å². The van der Waals surface area contributed by atoms with Crippen molar-refractivity contribution in [2.45, 2.75) is 70.2 Å². The van der Waals surface area contributed by atoms with Crippen molar-refractivity contribution >= 4 is 14.2 Å². The first-order valence-corrected chi connectivity index (χ1v) is 12.9. The first-order valence-electron chi connectivity index (χ1n) is 10.0. The molecule has 1 unspecified atom stereocenters. The molecule has 0 saturated carbocycles. The van der Waals surface area contributed by atoms with E-state index in [1.807, 2.05) is 36.4 Å². The smallest absolute Gasteiger partial charge is 0.260 e. The fourth-order valence-electron chi connectivity index (χ4n) is 3.15. The van der Waals surface area contributed by atoms with Gasteiger partial charge in [0.15, 0.2) is 14.4 Å². The van der Waals surface area contributed by atoms with Gasteiger partial charge in [-0.2, -0.15) is 0 Å². The van der Waals surface area contributed by atoms with Gasteiger partial charge in [0.2, 0.25) is 5.91 Å². The number of benzene rings is 1. The largest absolute Gasteiger partial charge is 0.374 e. The van der Waals surface area contributed by atoms with Gasteiger partial charge in [0.1, 0.15) is 0 Å². The van der Waals surface area contributed by atoms with Crippen LogP contribution in [0.3, 0.4) is 0 Å². The maximum Gasteiger partial charge on any atom is 0.260 e. The zero-order valence-corrected chi connectivity index (χ0v) is 19.0. The fourth-order valence-corrected chi connectivity index (χ4v) is 4.51. The zero-order valence-electron chi connectivity index (χ0n) is 18.0. The van der Waals surface area contributed by atoms with Crippen molar-refractivity contribution in [3.8, 4) is 0 Å². The number of hydrogen-bond donors (Lipinski definition) is 0. The topological polar surface area (TPSA) is 38.8 Å². The van der Waals surface area contributed by atoms with E-state index >= 15 is 0 Å². The summed E-state index contributed by atoms with van der Waals surface area (Å²) < 4.78 is 13.3. The lowest BCUT2D eigenvalue weighted by Crippen LogP contribution is -2.57. The monoisotopic (exact) mass is 401 g/mol. The van der Waals surface area contributed by atoms with Crippen LogP contribution in [0, 0.1) is 0 Å². The van der Waals surface area contributed by atoms with Gasteiger partial charge in [-0.15, -0.1) is 13.2 Å². The van der Waals surface area contributed by atoms with E-state index in [1.165, 1.54) is 0 Å². The normalized spacial score (nSPS) is 23.1. The Morgan fingerprint density at radius 2 is 1.86 bits per heavy atom. The van der Waals surface area contributed by atoms with Crippen LogP contribution in [0.5, 0.6) is 0 Å². The minimum atomic E-state index is -2.21. The quantitative estimate of drug-likeness (QED) is 0.298. The molecule has 0 spiro atoms. The van der Waals surface area contributed by atoms with E-state index in [0.29, 0.717) is 13.0 Å². The summed E-state index contributed by atoms with van der Waals surface area (Å²) in [5.41, 5.74) is 0.853. The first kappa shape index (κ1) is 22.6. The van der Waals surface area contributed by atoms with Crippen molar-refractivity contribution < 1.29 is 14.0 Å². The van der Waals surface area contributed by atoms with Crippen molar-refractivity contribution in [3.63, 3.8) is 0 Å². The lowest BCUT2D eigenvalue weighted by Gasteiger charge is -2.46. The van der Waals surface area contributed by atoms with Crippen LogP contribution >= 0.6 is 0 Å². The van der Waals surface area contributed by atoms with Crippen LogP contribution in [0.15, 0.2) is 55.6 Å². The van der Waals surface area contributed by atoms with Crippen molar-refractivity contribution in [3.05, 3.63) is 61.2 Å². The highest BCUT2D eigenvalue weighted by molar-refractivity contribution is 6.74. The van der Waals surface area contributed by atoms with Crippen molar-refractivity contribution in [2.24, 2.45) is 0 Å². The second-order valence-electron chi connectivity index (χ2n) is 8.90. The van der Waals surface area contributed by atoms with Crippen LogP contribution < -0.4 is 0 Å². The van der Waals surface area contributed by atoms with Crippen LogP contribution in [0.4, 0.5) is 0 Å². The Bertz CT molecular complexity index is 696. The molecule has 154 valence electrons. The van der Waals surface area contributed by atoms with Gasteiger partial charge >= 0.3 is 0 Å². The Hall–Kier alpha value is -1.69. The maximum atomic E-state index is 13.3. The predicted octanol–water partition coefficient (Wildman–Crippen LogP) is 5.80. The maximum absolute atomic E-state index is 13.3. The summed E-state index contributed by atoms with van der Waals surface area (Å²) in [4.78, 5) is 15.1. The molecule has 1 saturated heterocycles. The summed E-state index contributed by atoms with van der Waals surface area (Å²) in [6.45, 7) is 19.0. The summed E-state index contributed by atoms with van der Waals surface area (Å²) in [5.74, 6) is -1.14. The van der Waals surface area contributed by atoms with Gasteiger partial charge < -0.3 is 9.16 Å². The molecule has 2 atom stereocenters. The summed E-state index contributed by atoms with van der Waals surface area (Å²) in [6.07, 6.45) is 5.26. The van der Waals surface area contributed by atoms with Crippen LogP contribution in [0.25, 0.3) is 0 Å². The molecule has 2 rings (SSSR count). The molecule has 4 nitrogen and oxygen atoms in total. The highest BCUT2D eigenvalue weighted by Crippen LogP contribution is 2.47. The van der Waals surface area contributed by atoms with Gasteiger partial charge in [-0.05, 0) is 36.5 Å². The van der Waals surface area contributed by atoms with Gasteiger partial charge in [-0.25, -0.2) is 0 Å². The number of unbranched alkanes of at least 4 members (excludes halogenated alkanes) is 1. The lowest BCUT2D eigenvalue weighted by molar-refractivity contribution is -0.247. The molecule has 1 aliphatic rings. The zero-order chi connectivity index (χ0) is 21.0. The van der Waals surface area contributed by atoms with Gasteiger partial charge in [0.25, 0.3) is 5.91 Å².